The molecular weight excluding hydrogens is 261 g/mol. The van der Waals surface area contributed by atoms with Crippen molar-refractivity contribution < 1.29 is 19.0 Å². The molecule has 1 aromatic carbocycles. The van der Waals surface area contributed by atoms with E-state index in [1.807, 2.05) is 6.92 Å². The van der Waals surface area contributed by atoms with Crippen molar-refractivity contribution in [3.8, 4) is 0 Å². The molecule has 2 unspecified atom stereocenters. The number of ether oxygens (including phenoxy) is 1. The summed E-state index contributed by atoms with van der Waals surface area (Å²) in [6, 6.07) is 4.19. The van der Waals surface area contributed by atoms with Gasteiger partial charge < -0.3 is 9.84 Å². The number of carboxylic acids is 1. The fourth-order valence-corrected chi connectivity index (χ4v) is 2.53. The van der Waals surface area contributed by atoms with Crippen LogP contribution in [-0.2, 0) is 11.3 Å². The highest BCUT2D eigenvalue weighted by molar-refractivity contribution is 5.87. The van der Waals surface area contributed by atoms with E-state index in [1.54, 1.807) is 0 Å². The number of benzene rings is 1. The first-order chi connectivity index (χ1) is 9.51. The van der Waals surface area contributed by atoms with Gasteiger partial charge in [0.25, 0.3) is 0 Å². The van der Waals surface area contributed by atoms with Gasteiger partial charge in [0.2, 0.25) is 0 Å². The SMILES string of the molecule is CCC1COC(C)CN1Cc1cc(C(=O)O)ccc1F. The van der Waals surface area contributed by atoms with Gasteiger partial charge in [-0.3, -0.25) is 4.90 Å². The minimum absolute atomic E-state index is 0.114. The highest BCUT2D eigenvalue weighted by Gasteiger charge is 2.26. The van der Waals surface area contributed by atoms with Crippen molar-refractivity contribution >= 4 is 5.97 Å². The van der Waals surface area contributed by atoms with Crippen molar-refractivity contribution in [2.75, 3.05) is 13.2 Å². The van der Waals surface area contributed by atoms with Crippen LogP contribution in [-0.4, -0.2) is 41.3 Å². The van der Waals surface area contributed by atoms with Gasteiger partial charge in [0.05, 0.1) is 18.3 Å². The molecule has 0 radical (unpaired) electrons. The second-order valence-electron chi connectivity index (χ2n) is 5.25. The second kappa shape index (κ2) is 6.33. The molecular formula is C15H20FNO3. The van der Waals surface area contributed by atoms with Crippen LogP contribution in [0.25, 0.3) is 0 Å². The Morgan fingerprint density at radius 1 is 1.55 bits per heavy atom. The average Bonchev–Trinajstić information content (AvgIpc) is 2.41. The number of aromatic carboxylic acids is 1. The largest absolute Gasteiger partial charge is 0.478 e. The molecule has 0 amide bonds. The van der Waals surface area contributed by atoms with Gasteiger partial charge in [-0.2, -0.15) is 0 Å². The standard InChI is InChI=1S/C15H20FNO3/c1-3-13-9-20-10(2)7-17(13)8-12-6-11(15(18)19)4-5-14(12)16/h4-6,10,13H,3,7-9H2,1-2H3,(H,18,19). The summed E-state index contributed by atoms with van der Waals surface area (Å²) in [7, 11) is 0. The maximum absolute atomic E-state index is 13.9. The molecule has 1 aromatic rings. The fourth-order valence-electron chi connectivity index (χ4n) is 2.53. The number of rotatable bonds is 4. The van der Waals surface area contributed by atoms with Crippen LogP contribution in [0.3, 0.4) is 0 Å². The van der Waals surface area contributed by atoms with Gasteiger partial charge in [-0.05, 0) is 31.5 Å². The third-order valence-corrected chi connectivity index (χ3v) is 3.72. The van der Waals surface area contributed by atoms with Crippen molar-refractivity contribution in [3.05, 3.63) is 35.1 Å². The van der Waals surface area contributed by atoms with E-state index in [-0.39, 0.29) is 23.5 Å². The van der Waals surface area contributed by atoms with E-state index in [0.29, 0.717) is 18.7 Å². The van der Waals surface area contributed by atoms with Gasteiger partial charge in [-0.25, -0.2) is 9.18 Å². The van der Waals surface area contributed by atoms with Crippen LogP contribution in [0.1, 0.15) is 36.2 Å². The molecule has 2 rings (SSSR count). The van der Waals surface area contributed by atoms with Gasteiger partial charge in [0.15, 0.2) is 0 Å². The lowest BCUT2D eigenvalue weighted by molar-refractivity contribution is -0.0595. The maximum atomic E-state index is 13.9. The molecule has 1 N–H and O–H groups in total. The first kappa shape index (κ1) is 14.9. The molecule has 0 aliphatic carbocycles. The molecule has 1 heterocycles. The number of carbonyl (C=O) groups is 1. The average molecular weight is 281 g/mol. The number of morpholine rings is 1. The Labute approximate surface area is 118 Å². The van der Waals surface area contributed by atoms with Crippen LogP contribution in [0.2, 0.25) is 0 Å². The number of carboxylic acid groups (broad SMARTS) is 1. The molecule has 110 valence electrons. The molecule has 1 fully saturated rings. The quantitative estimate of drug-likeness (QED) is 0.921. The molecule has 0 spiro atoms. The van der Waals surface area contributed by atoms with Gasteiger partial charge in [0.1, 0.15) is 5.82 Å². The second-order valence-corrected chi connectivity index (χ2v) is 5.25. The molecule has 20 heavy (non-hydrogen) atoms. The van der Waals surface area contributed by atoms with E-state index in [1.165, 1.54) is 18.2 Å². The highest BCUT2D eigenvalue weighted by Crippen LogP contribution is 2.20. The summed E-state index contributed by atoms with van der Waals surface area (Å²) in [5.74, 6) is -1.39. The van der Waals surface area contributed by atoms with Gasteiger partial charge in [-0.1, -0.05) is 6.92 Å². The molecule has 0 aromatic heterocycles. The smallest absolute Gasteiger partial charge is 0.335 e. The van der Waals surface area contributed by atoms with Crippen LogP contribution in [0.4, 0.5) is 4.39 Å². The Morgan fingerprint density at radius 2 is 2.30 bits per heavy atom. The molecule has 1 saturated heterocycles. The van der Waals surface area contributed by atoms with Crippen molar-refractivity contribution in [2.24, 2.45) is 0 Å². The van der Waals surface area contributed by atoms with E-state index in [0.717, 1.165) is 13.0 Å². The lowest BCUT2D eigenvalue weighted by Gasteiger charge is -2.38. The van der Waals surface area contributed by atoms with E-state index >= 15 is 0 Å². The molecule has 1 aliphatic rings. The summed E-state index contributed by atoms with van der Waals surface area (Å²) in [6.45, 7) is 5.84. The topological polar surface area (TPSA) is 49.8 Å². The summed E-state index contributed by atoms with van der Waals surface area (Å²) in [6.07, 6.45) is 1.04. The number of halogens is 1. The lowest BCUT2D eigenvalue weighted by Crippen LogP contribution is -2.48. The van der Waals surface area contributed by atoms with Crippen molar-refractivity contribution in [1.82, 2.24) is 4.90 Å². The van der Waals surface area contributed by atoms with Crippen LogP contribution in [0.5, 0.6) is 0 Å². The third-order valence-electron chi connectivity index (χ3n) is 3.72. The minimum atomic E-state index is -1.03. The Bertz CT molecular complexity index is 492. The van der Waals surface area contributed by atoms with Crippen molar-refractivity contribution in [3.63, 3.8) is 0 Å². The van der Waals surface area contributed by atoms with Crippen LogP contribution in [0.15, 0.2) is 18.2 Å². The monoisotopic (exact) mass is 281 g/mol. The Morgan fingerprint density at radius 3 is 2.95 bits per heavy atom. The zero-order valence-corrected chi connectivity index (χ0v) is 11.8. The van der Waals surface area contributed by atoms with Gasteiger partial charge in [-0.15, -0.1) is 0 Å². The zero-order chi connectivity index (χ0) is 14.7. The lowest BCUT2D eigenvalue weighted by atomic mass is 10.1. The maximum Gasteiger partial charge on any atom is 0.335 e. The predicted octanol–water partition coefficient (Wildman–Crippen LogP) is 2.52. The van der Waals surface area contributed by atoms with Crippen molar-refractivity contribution in [2.45, 2.75) is 39.0 Å². The summed E-state index contributed by atoms with van der Waals surface area (Å²) in [5.41, 5.74) is 0.549. The first-order valence-electron chi connectivity index (χ1n) is 6.88. The molecule has 0 saturated carbocycles. The Hall–Kier alpha value is -1.46. The van der Waals surface area contributed by atoms with Gasteiger partial charge >= 0.3 is 5.97 Å². The zero-order valence-electron chi connectivity index (χ0n) is 11.8. The van der Waals surface area contributed by atoms with Crippen LogP contribution < -0.4 is 0 Å². The van der Waals surface area contributed by atoms with E-state index in [4.69, 9.17) is 9.84 Å². The van der Waals surface area contributed by atoms with E-state index < -0.39 is 5.97 Å². The van der Waals surface area contributed by atoms with Crippen molar-refractivity contribution in [1.29, 1.82) is 0 Å². The van der Waals surface area contributed by atoms with Crippen LogP contribution in [0, 0.1) is 5.82 Å². The normalized spacial score (nSPS) is 23.8. The predicted molar refractivity (Wildman–Crippen MR) is 73.3 cm³/mol. The number of hydrogen-bond donors (Lipinski definition) is 1. The summed E-state index contributed by atoms with van der Waals surface area (Å²) < 4.78 is 19.5. The molecule has 2 atom stereocenters. The summed E-state index contributed by atoms with van der Waals surface area (Å²) in [5, 5.41) is 8.99. The fraction of sp³-hybridized carbons (Fsp3) is 0.533. The van der Waals surface area contributed by atoms with E-state index in [9.17, 15) is 9.18 Å². The number of nitrogens with zero attached hydrogens (tertiary/aromatic N) is 1. The summed E-state index contributed by atoms with van der Waals surface area (Å²) in [4.78, 5) is 13.1. The number of hydrogen-bond acceptors (Lipinski definition) is 3. The third kappa shape index (κ3) is 3.35. The van der Waals surface area contributed by atoms with Gasteiger partial charge in [0, 0.05) is 24.7 Å². The molecule has 1 aliphatic heterocycles. The minimum Gasteiger partial charge on any atom is -0.478 e. The van der Waals surface area contributed by atoms with Crippen LogP contribution >= 0.6 is 0 Å². The molecule has 0 bridgehead atoms. The molecule has 5 heteroatoms. The Kier molecular flexibility index (Phi) is 4.73. The molecule has 4 nitrogen and oxygen atoms in total. The van der Waals surface area contributed by atoms with E-state index in [2.05, 4.69) is 11.8 Å². The summed E-state index contributed by atoms with van der Waals surface area (Å²) >= 11 is 0. The first-order valence-corrected chi connectivity index (χ1v) is 6.88. The Balaban J connectivity index is 2.19. The highest BCUT2D eigenvalue weighted by atomic mass is 19.1.